The van der Waals surface area contributed by atoms with Crippen molar-refractivity contribution in [3.05, 3.63) is 100 Å². The molecule has 4 aromatic rings. The molecule has 24 heteroatoms. The minimum Gasteiger partial charge on any atom is -0.400 e. The molecule has 392 valence electrons. The molecular weight excluding hydrogens is 948 g/mol. The highest BCUT2D eigenvalue weighted by atomic mass is 19.1. The molecule has 1 aromatic heterocycles. The lowest BCUT2D eigenvalue weighted by Crippen LogP contribution is -2.45. The lowest BCUT2D eigenvalue weighted by atomic mass is 10.0. The summed E-state index contributed by atoms with van der Waals surface area (Å²) in [6.45, 7) is 5.66. The molecule has 3 aromatic carbocycles. The van der Waals surface area contributed by atoms with E-state index < -0.39 is 41.5 Å². The summed E-state index contributed by atoms with van der Waals surface area (Å²) >= 11 is 0. The number of aliphatic hydroxyl groups is 1. The molecule has 0 spiro atoms. The van der Waals surface area contributed by atoms with E-state index in [1.807, 2.05) is 0 Å². The van der Waals surface area contributed by atoms with E-state index in [1.165, 1.54) is 43.7 Å². The number of aryl methyl sites for hydroxylation is 2. The van der Waals surface area contributed by atoms with Crippen molar-refractivity contribution in [3.63, 3.8) is 0 Å². The summed E-state index contributed by atoms with van der Waals surface area (Å²) in [4.78, 5) is 108. The third-order valence-corrected chi connectivity index (χ3v) is 10.7. The molecule has 15 N–H and O–H groups in total. The molecule has 0 radical (unpaired) electrons. The van der Waals surface area contributed by atoms with Gasteiger partial charge in [0.2, 0.25) is 23.7 Å². The summed E-state index contributed by atoms with van der Waals surface area (Å²) in [6.07, 6.45) is 7.27. The van der Waals surface area contributed by atoms with Gasteiger partial charge in [-0.1, -0.05) is 44.9 Å². The summed E-state index contributed by atoms with van der Waals surface area (Å²) in [6, 6.07) is 12.2. The number of halogens is 1. The summed E-state index contributed by atoms with van der Waals surface area (Å²) in [7, 11) is 1.00. The summed E-state index contributed by atoms with van der Waals surface area (Å²) in [5, 5.41) is 23.9. The van der Waals surface area contributed by atoms with Gasteiger partial charge in [0.15, 0.2) is 5.84 Å². The van der Waals surface area contributed by atoms with Crippen LogP contribution >= 0.6 is 0 Å². The SMILES string of the molecule is CC(NC(=O)CNC(=O)CCCCCN1C(=O)C=CC1=O)C(=O)Nc1ccc(C(=O)NCCCC(C=O)NC(=O)c2ccc(CCc3ccc4nc(N)nc(N)c4c3F)cc2)c(/C(N)=N/NN)c1.CCC.CO. The van der Waals surface area contributed by atoms with E-state index in [1.54, 1.807) is 36.4 Å². The Morgan fingerprint density at radius 2 is 1.52 bits per heavy atom. The number of hydrazone groups is 1. The van der Waals surface area contributed by atoms with Gasteiger partial charge in [-0.25, -0.2) is 20.8 Å². The monoisotopic (exact) mass is 1010 g/mol. The van der Waals surface area contributed by atoms with Crippen LogP contribution < -0.4 is 55.2 Å². The fraction of sp³-hybridized carbons (Fsp3) is 0.367. The number of hydrogen-bond donors (Lipinski definition) is 11. The van der Waals surface area contributed by atoms with Crippen LogP contribution in [0.25, 0.3) is 10.9 Å². The third kappa shape index (κ3) is 18.4. The van der Waals surface area contributed by atoms with Gasteiger partial charge in [-0.15, -0.1) is 5.10 Å². The molecule has 0 fully saturated rings. The number of unbranched alkanes of at least 4 members (excludes halogenated alkanes) is 2. The highest BCUT2D eigenvalue weighted by Crippen LogP contribution is 2.26. The molecule has 2 heterocycles. The van der Waals surface area contributed by atoms with E-state index >= 15 is 4.39 Å². The number of amidine groups is 1. The minimum atomic E-state index is -1.04. The van der Waals surface area contributed by atoms with Crippen LogP contribution in [-0.2, 0) is 41.6 Å². The number of fused-ring (bicyclic) bond motifs is 1. The topological polar surface area (TPSA) is 374 Å². The second kappa shape index (κ2) is 30.4. The fourth-order valence-corrected chi connectivity index (χ4v) is 7.03. The Kier molecular flexibility index (Phi) is 24.5. The number of anilines is 3. The number of carbonyl (C=O) groups excluding carboxylic acids is 8. The summed E-state index contributed by atoms with van der Waals surface area (Å²) in [5.41, 5.74) is 21.9. The maximum absolute atomic E-state index is 15.2. The van der Waals surface area contributed by atoms with Gasteiger partial charge in [-0.3, -0.25) is 38.5 Å². The molecule has 2 unspecified atom stereocenters. The zero-order chi connectivity index (χ0) is 54.0. The number of aldehydes is 1. The van der Waals surface area contributed by atoms with E-state index in [2.05, 4.69) is 61.0 Å². The highest BCUT2D eigenvalue weighted by molar-refractivity contribution is 6.13. The number of aromatic nitrogens is 2. The number of hydrogen-bond acceptors (Lipinski definition) is 16. The van der Waals surface area contributed by atoms with Gasteiger partial charge in [0.05, 0.1) is 29.1 Å². The van der Waals surface area contributed by atoms with Gasteiger partial charge < -0.3 is 53.7 Å². The summed E-state index contributed by atoms with van der Waals surface area (Å²) < 4.78 is 15.2. The number of amides is 7. The summed E-state index contributed by atoms with van der Waals surface area (Å²) in [5.74, 6) is 1.11. The molecule has 5 rings (SSSR count). The molecule has 1 aliphatic heterocycles. The lowest BCUT2D eigenvalue weighted by Gasteiger charge is -2.16. The smallest absolute Gasteiger partial charge is 0.253 e. The van der Waals surface area contributed by atoms with Crippen LogP contribution in [0, 0.1) is 5.82 Å². The Hall–Kier alpha value is -8.38. The Balaban J connectivity index is 0.00000271. The number of nitrogens with two attached hydrogens (primary N) is 4. The normalized spacial score (nSPS) is 12.6. The van der Waals surface area contributed by atoms with E-state index in [-0.39, 0.29) is 90.0 Å². The van der Waals surface area contributed by atoms with Crippen molar-refractivity contribution in [1.82, 2.24) is 41.7 Å². The minimum absolute atomic E-state index is 0.0455. The number of nitrogens with zero attached hydrogens (tertiary/aromatic N) is 4. The number of aliphatic hydroxyl groups excluding tert-OH is 1. The first-order valence-electron chi connectivity index (χ1n) is 23.4. The van der Waals surface area contributed by atoms with Crippen LogP contribution in [0.2, 0.25) is 0 Å². The van der Waals surface area contributed by atoms with E-state index in [9.17, 15) is 38.4 Å². The zero-order valence-corrected chi connectivity index (χ0v) is 41.3. The number of nitrogen functional groups attached to an aromatic ring is 2. The predicted molar refractivity (Wildman–Crippen MR) is 273 cm³/mol. The van der Waals surface area contributed by atoms with Crippen LogP contribution in [0.1, 0.15) is 103 Å². The Morgan fingerprint density at radius 1 is 0.836 bits per heavy atom. The van der Waals surface area contributed by atoms with Gasteiger partial charge >= 0.3 is 0 Å². The van der Waals surface area contributed by atoms with Crippen LogP contribution in [0.3, 0.4) is 0 Å². The number of nitrogens with one attached hydrogen (secondary N) is 6. The number of imide groups is 1. The Morgan fingerprint density at radius 3 is 2.18 bits per heavy atom. The molecule has 7 amide bonds. The molecular formula is C49H65FN14O9. The third-order valence-electron chi connectivity index (χ3n) is 10.7. The second-order valence-electron chi connectivity index (χ2n) is 16.3. The van der Waals surface area contributed by atoms with Crippen molar-refractivity contribution in [2.75, 3.05) is 43.5 Å². The van der Waals surface area contributed by atoms with Crippen molar-refractivity contribution in [3.8, 4) is 0 Å². The first-order valence-corrected chi connectivity index (χ1v) is 23.4. The largest absolute Gasteiger partial charge is 0.400 e. The first kappa shape index (κ1) is 58.9. The van der Waals surface area contributed by atoms with Gasteiger partial charge in [-0.05, 0) is 93.0 Å². The molecule has 0 bridgehead atoms. The van der Waals surface area contributed by atoms with E-state index in [0.717, 1.165) is 17.6 Å². The Labute approximate surface area is 421 Å². The van der Waals surface area contributed by atoms with Crippen LogP contribution in [0.5, 0.6) is 0 Å². The molecule has 73 heavy (non-hydrogen) atoms. The van der Waals surface area contributed by atoms with Gasteiger partial charge in [0, 0.05) is 55.6 Å². The Bertz CT molecular complexity index is 2630. The van der Waals surface area contributed by atoms with Gasteiger partial charge in [0.1, 0.15) is 24.0 Å². The predicted octanol–water partition coefficient (Wildman–Crippen LogP) is 1.38. The number of rotatable bonds is 24. The molecule has 0 aliphatic carbocycles. The van der Waals surface area contributed by atoms with Crippen LogP contribution in [-0.4, -0.2) is 112 Å². The molecule has 0 saturated heterocycles. The van der Waals surface area contributed by atoms with Crippen molar-refractivity contribution < 1.29 is 47.9 Å². The molecule has 23 nitrogen and oxygen atoms in total. The van der Waals surface area contributed by atoms with Crippen LogP contribution in [0.15, 0.2) is 71.9 Å². The first-order chi connectivity index (χ1) is 35.0. The number of benzene rings is 3. The maximum Gasteiger partial charge on any atom is 0.253 e. The quantitative estimate of drug-likeness (QED) is 0.00898. The average Bonchev–Trinajstić information content (AvgIpc) is 3.69. The molecule has 2 atom stereocenters. The van der Waals surface area contributed by atoms with Crippen molar-refractivity contribution in [1.29, 1.82) is 0 Å². The molecule has 0 saturated carbocycles. The van der Waals surface area contributed by atoms with Gasteiger partial charge in [0.25, 0.3) is 23.6 Å². The molecule has 1 aliphatic rings. The van der Waals surface area contributed by atoms with E-state index in [4.69, 9.17) is 28.2 Å². The second-order valence-corrected chi connectivity index (χ2v) is 16.3. The van der Waals surface area contributed by atoms with Crippen molar-refractivity contribution in [2.24, 2.45) is 16.7 Å². The van der Waals surface area contributed by atoms with Crippen molar-refractivity contribution >= 4 is 81.8 Å². The average molecular weight is 1010 g/mol. The fourth-order valence-electron chi connectivity index (χ4n) is 7.03. The van der Waals surface area contributed by atoms with Gasteiger partial charge in [-0.2, -0.15) is 4.98 Å². The zero-order valence-electron chi connectivity index (χ0n) is 41.3. The lowest BCUT2D eigenvalue weighted by molar-refractivity contribution is -0.137. The van der Waals surface area contributed by atoms with E-state index in [0.29, 0.717) is 61.5 Å². The standard InChI is InChI=1S/C45H53FN14O8.C3H8.CH4O/c1-25(53-35(63)23-52-34(62)7-3-2-4-21-60-36(64)18-19-37(60)65)42(66)54-29-15-16-31(32(22-29)40(47)58-59-50)44(68)51-20-5-6-30(24-61)55-43(67)28-12-9-26(10-13-28)8-11-27-14-17-33-38(39(27)46)41(48)57-45(49)56-33;1-3-2;1-2/h9-10,12-19,22,24-25,30,59H,2-8,11,20-21,23,50H2,1H3,(H2,47,58)(H,51,68)(H,52,62)(H,53,63)(H,54,66)(H,55,67)(H4,48,49,56,57);3H2,1-2H3;2H,1H3. The number of carbonyl (C=O) groups is 8. The maximum atomic E-state index is 15.2. The van der Waals surface area contributed by atoms with Crippen molar-refractivity contribution in [2.45, 2.75) is 90.6 Å². The highest BCUT2D eigenvalue weighted by Gasteiger charge is 2.23. The number of hydrazine groups is 1. The van der Waals surface area contributed by atoms with Crippen LogP contribution in [0.4, 0.5) is 21.8 Å².